The number of halogens is 6. The Balaban J connectivity index is 2.00. The van der Waals surface area contributed by atoms with Gasteiger partial charge < -0.3 is 9.63 Å². The monoisotopic (exact) mass is 485 g/mol. The van der Waals surface area contributed by atoms with Gasteiger partial charge in [-0.1, -0.05) is 40.5 Å². The van der Waals surface area contributed by atoms with Crippen molar-refractivity contribution in [1.82, 2.24) is 14.9 Å². The number of nitrogens with zero attached hydrogens (tertiary/aromatic N) is 3. The predicted octanol–water partition coefficient (Wildman–Crippen LogP) is 6.36. The lowest BCUT2D eigenvalue weighted by Crippen LogP contribution is -2.15. The minimum atomic E-state index is -4.98. The second kappa shape index (κ2) is 7.95. The van der Waals surface area contributed by atoms with E-state index >= 15 is 0 Å². The highest BCUT2D eigenvalue weighted by Crippen LogP contribution is 2.42. The topological polar surface area (TPSA) is 81.2 Å². The Labute approximate surface area is 186 Å². The maximum Gasteiger partial charge on any atom is 0.434 e. The second-order valence-electron chi connectivity index (χ2n) is 6.43. The van der Waals surface area contributed by atoms with Crippen LogP contribution in [-0.2, 0) is 6.18 Å². The molecule has 12 heteroatoms. The molecule has 164 valence electrons. The van der Waals surface area contributed by atoms with E-state index in [9.17, 15) is 27.5 Å². The van der Waals surface area contributed by atoms with Crippen LogP contribution < -0.4 is 0 Å². The average Bonchev–Trinajstić information content (AvgIpc) is 3.32. The molecule has 2 aromatic heterocycles. The lowest BCUT2D eigenvalue weighted by atomic mass is 10.0. The zero-order valence-electron chi connectivity index (χ0n) is 15.5. The van der Waals surface area contributed by atoms with Gasteiger partial charge in [-0.25, -0.2) is 13.9 Å². The van der Waals surface area contributed by atoms with Crippen molar-refractivity contribution in [2.45, 2.75) is 6.18 Å². The number of hydrogen-bond acceptors (Lipinski definition) is 4. The molecule has 0 spiro atoms. The third kappa shape index (κ3) is 3.71. The molecule has 0 aliphatic carbocycles. The van der Waals surface area contributed by atoms with Crippen molar-refractivity contribution >= 4 is 29.2 Å². The number of aromatic carboxylic acids is 1. The second-order valence-corrected chi connectivity index (χ2v) is 7.28. The summed E-state index contributed by atoms with van der Waals surface area (Å²) in [7, 11) is 0. The molecule has 4 aromatic rings. The Bertz CT molecular complexity index is 1330. The summed E-state index contributed by atoms with van der Waals surface area (Å²) in [5.41, 5.74) is -3.83. The first-order valence-electron chi connectivity index (χ1n) is 8.68. The smallest absolute Gasteiger partial charge is 0.434 e. The van der Waals surface area contributed by atoms with Gasteiger partial charge in [0.25, 0.3) is 0 Å². The minimum absolute atomic E-state index is 0.0233. The van der Waals surface area contributed by atoms with Crippen LogP contribution >= 0.6 is 23.2 Å². The van der Waals surface area contributed by atoms with Crippen LogP contribution in [0.25, 0.3) is 28.3 Å². The fraction of sp³-hybridized carbons (Fsp3) is 0.0500. The van der Waals surface area contributed by atoms with E-state index in [2.05, 4.69) is 10.3 Å². The SMILES string of the molecule is O=C(O)c1c(-c2c(F)cccc2Cl)noc1-c1cnn(-c2cccc(Cl)c2)c1C(F)(F)F. The lowest BCUT2D eigenvalue weighted by molar-refractivity contribution is -0.142. The van der Waals surface area contributed by atoms with Crippen molar-refractivity contribution in [2.24, 2.45) is 0 Å². The van der Waals surface area contributed by atoms with Crippen LogP contribution in [0, 0.1) is 5.82 Å². The summed E-state index contributed by atoms with van der Waals surface area (Å²) in [5, 5.41) is 16.9. The summed E-state index contributed by atoms with van der Waals surface area (Å²) in [6.45, 7) is 0. The fourth-order valence-electron chi connectivity index (χ4n) is 3.16. The van der Waals surface area contributed by atoms with Gasteiger partial charge in [0.2, 0.25) is 0 Å². The molecular formula is C20H9Cl2F4N3O3. The highest BCUT2D eigenvalue weighted by molar-refractivity contribution is 6.33. The van der Waals surface area contributed by atoms with E-state index < -0.39 is 51.8 Å². The van der Waals surface area contributed by atoms with Gasteiger partial charge in [-0.2, -0.15) is 18.3 Å². The van der Waals surface area contributed by atoms with Gasteiger partial charge >= 0.3 is 12.1 Å². The molecule has 0 saturated heterocycles. The maximum atomic E-state index is 14.4. The Morgan fingerprint density at radius 2 is 1.84 bits per heavy atom. The molecule has 0 saturated carbocycles. The van der Waals surface area contributed by atoms with Crippen LogP contribution in [0.4, 0.5) is 17.6 Å². The van der Waals surface area contributed by atoms with Gasteiger partial charge in [-0.15, -0.1) is 0 Å². The van der Waals surface area contributed by atoms with E-state index in [-0.39, 0.29) is 15.7 Å². The molecule has 1 N–H and O–H groups in total. The summed E-state index contributed by atoms with van der Waals surface area (Å²) < 4.78 is 61.9. The first-order valence-corrected chi connectivity index (χ1v) is 9.44. The van der Waals surface area contributed by atoms with Crippen molar-refractivity contribution in [3.05, 3.63) is 75.8 Å². The molecule has 6 nitrogen and oxygen atoms in total. The molecule has 0 radical (unpaired) electrons. The van der Waals surface area contributed by atoms with Gasteiger partial charge in [0.1, 0.15) is 17.1 Å². The van der Waals surface area contributed by atoms with E-state index in [0.29, 0.717) is 4.68 Å². The molecule has 0 fully saturated rings. The number of carboxylic acid groups (broad SMARTS) is 1. The Hall–Kier alpha value is -3.37. The van der Waals surface area contributed by atoms with E-state index in [4.69, 9.17) is 27.7 Å². The van der Waals surface area contributed by atoms with Gasteiger partial charge in [0.05, 0.1) is 28.0 Å². The van der Waals surface area contributed by atoms with Crippen LogP contribution in [0.3, 0.4) is 0 Å². The summed E-state index contributed by atoms with van der Waals surface area (Å²) in [6, 6.07) is 9.02. The molecule has 32 heavy (non-hydrogen) atoms. The van der Waals surface area contributed by atoms with Crippen molar-refractivity contribution in [1.29, 1.82) is 0 Å². The summed E-state index contributed by atoms with van der Waals surface area (Å²) in [6.07, 6.45) is -4.20. The van der Waals surface area contributed by atoms with Gasteiger partial charge in [-0.05, 0) is 30.3 Å². The molecule has 0 unspecified atom stereocenters. The van der Waals surface area contributed by atoms with E-state index in [0.717, 1.165) is 12.3 Å². The number of carboxylic acids is 1. The van der Waals surface area contributed by atoms with Crippen LogP contribution in [0.2, 0.25) is 10.0 Å². The molecule has 0 bridgehead atoms. The van der Waals surface area contributed by atoms with E-state index in [1.165, 1.54) is 36.4 Å². The maximum absolute atomic E-state index is 14.4. The first kappa shape index (κ1) is 21.8. The number of aromatic nitrogens is 3. The Kier molecular flexibility index (Phi) is 5.43. The highest BCUT2D eigenvalue weighted by Gasteiger charge is 2.42. The summed E-state index contributed by atoms with van der Waals surface area (Å²) in [4.78, 5) is 12.0. The highest BCUT2D eigenvalue weighted by atomic mass is 35.5. The minimum Gasteiger partial charge on any atom is -0.477 e. The number of hydrogen-bond donors (Lipinski definition) is 1. The number of rotatable bonds is 4. The standard InChI is InChI=1S/C20H9Cl2F4N3O3/c21-9-3-1-4-10(7-9)29-18(20(24,25)26)11(8-27-29)17-15(19(30)31)16(28-32-17)14-12(22)5-2-6-13(14)23/h1-8H,(H,30,31). The molecule has 0 aliphatic rings. The lowest BCUT2D eigenvalue weighted by Gasteiger charge is -2.12. The van der Waals surface area contributed by atoms with E-state index in [1.54, 1.807) is 0 Å². The van der Waals surface area contributed by atoms with Gasteiger partial charge in [-0.3, -0.25) is 0 Å². The van der Waals surface area contributed by atoms with Crippen LogP contribution in [0.5, 0.6) is 0 Å². The largest absolute Gasteiger partial charge is 0.477 e. The molecule has 2 aromatic carbocycles. The summed E-state index contributed by atoms with van der Waals surface area (Å²) in [5.74, 6) is -3.38. The third-order valence-corrected chi connectivity index (χ3v) is 4.99. The molecule has 0 amide bonds. The zero-order chi connectivity index (χ0) is 23.2. The van der Waals surface area contributed by atoms with E-state index in [1.807, 2.05) is 0 Å². The first-order chi connectivity index (χ1) is 15.1. The van der Waals surface area contributed by atoms with Gasteiger partial charge in [0.15, 0.2) is 11.5 Å². The number of alkyl halides is 3. The van der Waals surface area contributed by atoms with Crippen molar-refractivity contribution < 1.29 is 32.0 Å². The van der Waals surface area contributed by atoms with Crippen LogP contribution in [-0.4, -0.2) is 26.0 Å². The Morgan fingerprint density at radius 1 is 1.12 bits per heavy atom. The van der Waals surface area contributed by atoms with Gasteiger partial charge in [0, 0.05) is 5.02 Å². The summed E-state index contributed by atoms with van der Waals surface area (Å²) >= 11 is 11.9. The quantitative estimate of drug-likeness (QED) is 0.340. The number of carbonyl (C=O) groups is 1. The zero-order valence-corrected chi connectivity index (χ0v) is 17.0. The fourth-order valence-corrected chi connectivity index (χ4v) is 3.60. The molecule has 2 heterocycles. The van der Waals surface area contributed by atoms with Crippen molar-refractivity contribution in [2.75, 3.05) is 0 Å². The Morgan fingerprint density at radius 3 is 2.47 bits per heavy atom. The van der Waals surface area contributed by atoms with Crippen LogP contribution in [0.15, 0.2) is 53.2 Å². The molecule has 0 aliphatic heterocycles. The molecule has 4 rings (SSSR count). The van der Waals surface area contributed by atoms with Crippen molar-refractivity contribution in [3.63, 3.8) is 0 Å². The normalized spacial score (nSPS) is 11.7. The molecular weight excluding hydrogens is 477 g/mol. The van der Waals surface area contributed by atoms with Crippen LogP contribution in [0.1, 0.15) is 16.1 Å². The van der Waals surface area contributed by atoms with Crippen molar-refractivity contribution in [3.8, 4) is 28.3 Å². The number of benzene rings is 2. The molecule has 0 atom stereocenters. The third-order valence-electron chi connectivity index (χ3n) is 4.44. The predicted molar refractivity (Wildman–Crippen MR) is 106 cm³/mol. The average molecular weight is 486 g/mol.